The first-order valence-electron chi connectivity index (χ1n) is 4.51. The molecule has 7 nitrogen and oxygen atoms in total. The topological polar surface area (TPSA) is 95.0 Å². The fraction of sp³-hybridized carbons (Fsp3) is 0.750. The number of amides is 1. The van der Waals surface area contributed by atoms with E-state index in [4.69, 9.17) is 5.11 Å². The Labute approximate surface area is 94.7 Å². The van der Waals surface area contributed by atoms with Crippen LogP contribution < -0.4 is 0 Å². The third-order valence-electron chi connectivity index (χ3n) is 2.01. The molecule has 0 unspecified atom stereocenters. The molecule has 0 aliphatic carbocycles. The lowest BCUT2D eigenvalue weighted by atomic mass is 10.4. The highest BCUT2D eigenvalue weighted by Crippen LogP contribution is 1.96. The van der Waals surface area contributed by atoms with Gasteiger partial charge in [-0.1, -0.05) is 0 Å². The van der Waals surface area contributed by atoms with Crippen molar-refractivity contribution in [2.75, 3.05) is 33.4 Å². The van der Waals surface area contributed by atoms with Gasteiger partial charge in [-0.15, -0.1) is 0 Å². The third kappa shape index (κ3) is 5.66. The molecule has 0 aromatic carbocycles. The van der Waals surface area contributed by atoms with E-state index in [1.165, 1.54) is 19.0 Å². The lowest BCUT2D eigenvalue weighted by Crippen LogP contribution is -2.39. The molecule has 8 heteroatoms. The normalized spacial score (nSPS) is 11.5. The summed E-state index contributed by atoms with van der Waals surface area (Å²) in [4.78, 5) is 22.9. The molecule has 94 valence electrons. The van der Waals surface area contributed by atoms with Crippen molar-refractivity contribution in [3.63, 3.8) is 0 Å². The SMILES string of the molecule is CN(CCC(=O)O)C(=O)CN(C)S(C)(=O)=O. The number of hydrogen-bond acceptors (Lipinski definition) is 4. The molecule has 0 radical (unpaired) electrons. The van der Waals surface area contributed by atoms with E-state index in [2.05, 4.69) is 0 Å². The molecule has 16 heavy (non-hydrogen) atoms. The number of nitrogens with zero attached hydrogens (tertiary/aromatic N) is 2. The van der Waals surface area contributed by atoms with Crippen LogP contribution >= 0.6 is 0 Å². The van der Waals surface area contributed by atoms with Gasteiger partial charge in [0.05, 0.1) is 19.2 Å². The number of carbonyl (C=O) groups excluding carboxylic acids is 1. The molecule has 0 aliphatic heterocycles. The summed E-state index contributed by atoms with van der Waals surface area (Å²) >= 11 is 0. The molecule has 1 amide bonds. The molecule has 0 rings (SSSR count). The Morgan fingerprint density at radius 2 is 1.75 bits per heavy atom. The second-order valence-corrected chi connectivity index (χ2v) is 5.57. The van der Waals surface area contributed by atoms with Crippen LogP contribution in [0.3, 0.4) is 0 Å². The maximum atomic E-state index is 11.4. The van der Waals surface area contributed by atoms with Gasteiger partial charge in [0.15, 0.2) is 0 Å². The number of carboxylic acid groups (broad SMARTS) is 1. The van der Waals surface area contributed by atoms with Gasteiger partial charge < -0.3 is 10.0 Å². The van der Waals surface area contributed by atoms with Crippen LogP contribution in [0.2, 0.25) is 0 Å². The summed E-state index contributed by atoms with van der Waals surface area (Å²) in [6, 6.07) is 0. The quantitative estimate of drug-likeness (QED) is 0.641. The van der Waals surface area contributed by atoms with Crippen LogP contribution in [-0.4, -0.2) is 68.0 Å². The predicted molar refractivity (Wildman–Crippen MR) is 57.4 cm³/mol. The van der Waals surface area contributed by atoms with Crippen LogP contribution in [0.4, 0.5) is 0 Å². The summed E-state index contributed by atoms with van der Waals surface area (Å²) in [7, 11) is -0.671. The number of carbonyl (C=O) groups is 2. The summed E-state index contributed by atoms with van der Waals surface area (Å²) < 4.78 is 22.9. The first-order chi connectivity index (χ1) is 7.14. The molecule has 0 bridgehead atoms. The number of rotatable bonds is 6. The van der Waals surface area contributed by atoms with E-state index in [0.717, 1.165) is 10.6 Å². The monoisotopic (exact) mass is 252 g/mol. The minimum atomic E-state index is -3.39. The minimum absolute atomic E-state index is 0.0613. The summed E-state index contributed by atoms with van der Waals surface area (Å²) in [5.41, 5.74) is 0. The number of carboxylic acids is 1. The van der Waals surface area contributed by atoms with Crippen LogP contribution in [0.1, 0.15) is 6.42 Å². The first kappa shape index (κ1) is 14.8. The molecule has 0 atom stereocenters. The molecule has 0 aromatic rings. The number of likely N-dealkylation sites (N-methyl/N-ethyl adjacent to an activating group) is 2. The van der Waals surface area contributed by atoms with Gasteiger partial charge in [0.2, 0.25) is 15.9 Å². The Morgan fingerprint density at radius 1 is 1.25 bits per heavy atom. The van der Waals surface area contributed by atoms with Crippen LogP contribution in [0, 0.1) is 0 Å². The average Bonchev–Trinajstić information content (AvgIpc) is 2.12. The molecule has 0 spiro atoms. The van der Waals surface area contributed by atoms with Gasteiger partial charge in [0.1, 0.15) is 0 Å². The Bertz CT molecular complexity index is 365. The van der Waals surface area contributed by atoms with Gasteiger partial charge in [-0.25, -0.2) is 8.42 Å². The molecule has 0 fully saturated rings. The van der Waals surface area contributed by atoms with E-state index >= 15 is 0 Å². The van der Waals surface area contributed by atoms with Crippen molar-refractivity contribution < 1.29 is 23.1 Å². The molecule has 0 saturated carbocycles. The first-order valence-corrected chi connectivity index (χ1v) is 6.36. The summed E-state index contributed by atoms with van der Waals surface area (Å²) in [6.45, 7) is -0.222. The highest BCUT2D eigenvalue weighted by Gasteiger charge is 2.18. The maximum Gasteiger partial charge on any atom is 0.305 e. The van der Waals surface area contributed by atoms with Crippen molar-refractivity contribution in [1.29, 1.82) is 0 Å². The molecule has 0 aliphatic rings. The Hall–Kier alpha value is -1.15. The van der Waals surface area contributed by atoms with E-state index in [0.29, 0.717) is 0 Å². The van der Waals surface area contributed by atoms with Crippen molar-refractivity contribution >= 4 is 21.9 Å². The Morgan fingerprint density at radius 3 is 2.12 bits per heavy atom. The fourth-order valence-corrected chi connectivity index (χ4v) is 1.16. The van der Waals surface area contributed by atoms with E-state index < -0.39 is 21.9 Å². The van der Waals surface area contributed by atoms with Gasteiger partial charge >= 0.3 is 5.97 Å². The highest BCUT2D eigenvalue weighted by atomic mass is 32.2. The van der Waals surface area contributed by atoms with Gasteiger partial charge in [-0.2, -0.15) is 4.31 Å². The van der Waals surface area contributed by atoms with Crippen LogP contribution in [0.5, 0.6) is 0 Å². The number of aliphatic carboxylic acids is 1. The summed E-state index contributed by atoms with van der Waals surface area (Å²) in [5, 5.41) is 8.41. The van der Waals surface area contributed by atoms with Crippen molar-refractivity contribution in [2.24, 2.45) is 0 Å². The summed E-state index contributed by atoms with van der Waals surface area (Å²) in [5.74, 6) is -1.44. The molecular formula is C8H16N2O5S. The summed E-state index contributed by atoms with van der Waals surface area (Å²) in [6.07, 6.45) is 0.836. The molecule has 0 saturated heterocycles. The number of sulfonamides is 1. The Kier molecular flexibility index (Phi) is 5.39. The van der Waals surface area contributed by atoms with E-state index in [9.17, 15) is 18.0 Å². The van der Waals surface area contributed by atoms with E-state index in [1.54, 1.807) is 0 Å². The largest absolute Gasteiger partial charge is 0.481 e. The lowest BCUT2D eigenvalue weighted by molar-refractivity contribution is -0.138. The van der Waals surface area contributed by atoms with Crippen LogP contribution in [0.25, 0.3) is 0 Å². The van der Waals surface area contributed by atoms with Crippen molar-refractivity contribution in [3.05, 3.63) is 0 Å². The van der Waals surface area contributed by atoms with Gasteiger partial charge in [-0.05, 0) is 0 Å². The molecule has 1 N–H and O–H groups in total. The average molecular weight is 252 g/mol. The zero-order chi connectivity index (χ0) is 12.9. The fourth-order valence-electron chi connectivity index (χ4n) is 0.816. The van der Waals surface area contributed by atoms with Crippen molar-refractivity contribution in [3.8, 4) is 0 Å². The molecule has 0 aromatic heterocycles. The van der Waals surface area contributed by atoms with Crippen LogP contribution in [0.15, 0.2) is 0 Å². The maximum absolute atomic E-state index is 11.4. The molecule has 0 heterocycles. The van der Waals surface area contributed by atoms with E-state index in [-0.39, 0.29) is 19.5 Å². The van der Waals surface area contributed by atoms with Gasteiger partial charge in [0, 0.05) is 20.6 Å². The lowest BCUT2D eigenvalue weighted by Gasteiger charge is -2.19. The van der Waals surface area contributed by atoms with Crippen molar-refractivity contribution in [2.45, 2.75) is 6.42 Å². The van der Waals surface area contributed by atoms with E-state index in [1.807, 2.05) is 0 Å². The smallest absolute Gasteiger partial charge is 0.305 e. The molecular weight excluding hydrogens is 236 g/mol. The zero-order valence-corrected chi connectivity index (χ0v) is 10.3. The van der Waals surface area contributed by atoms with Gasteiger partial charge in [0.25, 0.3) is 0 Å². The standard InChI is InChI=1S/C8H16N2O5S/c1-9(5-4-8(12)13)7(11)6-10(2)16(3,14)15/h4-6H2,1-3H3,(H,12,13). The second-order valence-electron chi connectivity index (χ2n) is 3.48. The van der Waals surface area contributed by atoms with Gasteiger partial charge in [-0.3, -0.25) is 9.59 Å². The predicted octanol–water partition coefficient (Wildman–Crippen LogP) is -1.19. The van der Waals surface area contributed by atoms with Crippen LogP contribution in [-0.2, 0) is 19.6 Å². The minimum Gasteiger partial charge on any atom is -0.481 e. The second kappa shape index (κ2) is 5.80. The number of hydrogen-bond donors (Lipinski definition) is 1. The Balaban J connectivity index is 4.21. The van der Waals surface area contributed by atoms with Crippen molar-refractivity contribution in [1.82, 2.24) is 9.21 Å². The highest BCUT2D eigenvalue weighted by molar-refractivity contribution is 7.88. The third-order valence-corrected chi connectivity index (χ3v) is 3.27. The zero-order valence-electron chi connectivity index (χ0n) is 9.50.